The van der Waals surface area contributed by atoms with Crippen LogP contribution >= 0.6 is 0 Å². The number of aryl methyl sites for hydroxylation is 1. The molecule has 1 fully saturated rings. The summed E-state index contributed by atoms with van der Waals surface area (Å²) in [4.78, 5) is 22.7. The number of ether oxygens (including phenoxy) is 1. The summed E-state index contributed by atoms with van der Waals surface area (Å²) in [6.07, 6.45) is 4.58. The first-order valence-corrected chi connectivity index (χ1v) is 11.3. The highest BCUT2D eigenvalue weighted by Crippen LogP contribution is 2.35. The average Bonchev–Trinajstić information content (AvgIpc) is 3.25. The topological polar surface area (TPSA) is 99.2 Å². The Kier molecular flexibility index (Phi) is 5.71. The van der Waals surface area contributed by atoms with Gasteiger partial charge in [-0.3, -0.25) is 4.79 Å². The van der Waals surface area contributed by atoms with E-state index in [0.717, 1.165) is 35.5 Å². The normalized spacial score (nSPS) is 15.9. The van der Waals surface area contributed by atoms with E-state index in [0.29, 0.717) is 35.6 Å². The summed E-state index contributed by atoms with van der Waals surface area (Å²) in [5.41, 5.74) is 9.67. The molecule has 172 valence electrons. The van der Waals surface area contributed by atoms with E-state index in [1.807, 2.05) is 60.1 Å². The van der Waals surface area contributed by atoms with Gasteiger partial charge in [0.05, 0.1) is 11.4 Å². The Hall–Kier alpha value is -4.20. The molecule has 0 bridgehead atoms. The lowest BCUT2D eigenvalue weighted by atomic mass is 10.1. The Balaban J connectivity index is 1.49. The van der Waals surface area contributed by atoms with E-state index in [2.05, 4.69) is 16.5 Å². The molecule has 1 aliphatic rings. The molecule has 3 heterocycles. The first-order valence-electron chi connectivity index (χ1n) is 11.3. The summed E-state index contributed by atoms with van der Waals surface area (Å²) in [6, 6.07) is 15.6. The minimum Gasteiger partial charge on any atom is -0.457 e. The van der Waals surface area contributed by atoms with Gasteiger partial charge in [0.2, 0.25) is 5.91 Å². The van der Waals surface area contributed by atoms with Crippen molar-refractivity contribution in [1.29, 1.82) is 0 Å². The van der Waals surface area contributed by atoms with Crippen LogP contribution in [0.25, 0.3) is 22.3 Å². The third-order valence-corrected chi connectivity index (χ3v) is 6.10. The molecule has 2 aromatic carbocycles. The van der Waals surface area contributed by atoms with Crippen LogP contribution in [0.2, 0.25) is 0 Å². The molecule has 1 amide bonds. The maximum atomic E-state index is 12.2. The number of carbonyl (C=O) groups excluding carboxylic acids is 1. The molecule has 0 spiro atoms. The fourth-order valence-electron chi connectivity index (χ4n) is 4.43. The molecular formula is C26H26N6O2. The van der Waals surface area contributed by atoms with E-state index in [1.54, 1.807) is 4.90 Å². The van der Waals surface area contributed by atoms with Crippen molar-refractivity contribution in [1.82, 2.24) is 24.6 Å². The molecule has 1 saturated heterocycles. The first-order chi connectivity index (χ1) is 16.5. The number of rotatable bonds is 5. The molecule has 2 N–H and O–H groups in total. The SMILES string of the molecule is C=CC(=O)N1CCC[C@@H](n2nc(-c3ccc(Oc4cccc(C)c4)cc3)c3c(N)ncnc32)C1. The number of aromatic nitrogens is 4. The van der Waals surface area contributed by atoms with Crippen LogP contribution < -0.4 is 10.5 Å². The Labute approximate surface area is 197 Å². The molecular weight excluding hydrogens is 428 g/mol. The third kappa shape index (κ3) is 4.10. The highest BCUT2D eigenvalue weighted by Gasteiger charge is 2.28. The molecule has 8 heteroatoms. The molecule has 1 aliphatic heterocycles. The quantitative estimate of drug-likeness (QED) is 0.445. The van der Waals surface area contributed by atoms with E-state index in [1.165, 1.54) is 12.4 Å². The van der Waals surface area contributed by atoms with Gasteiger partial charge in [-0.15, -0.1) is 0 Å². The summed E-state index contributed by atoms with van der Waals surface area (Å²) in [7, 11) is 0. The van der Waals surface area contributed by atoms with Crippen LogP contribution in [0.1, 0.15) is 24.4 Å². The molecule has 2 aromatic heterocycles. The van der Waals surface area contributed by atoms with Gasteiger partial charge in [0, 0.05) is 18.7 Å². The summed E-state index contributed by atoms with van der Waals surface area (Å²) in [6.45, 7) is 6.91. The van der Waals surface area contributed by atoms with Gasteiger partial charge >= 0.3 is 0 Å². The second-order valence-corrected chi connectivity index (χ2v) is 8.48. The fraction of sp³-hybridized carbons (Fsp3) is 0.231. The van der Waals surface area contributed by atoms with Crippen LogP contribution in [-0.2, 0) is 4.79 Å². The maximum Gasteiger partial charge on any atom is 0.246 e. The van der Waals surface area contributed by atoms with Crippen molar-refractivity contribution in [3.63, 3.8) is 0 Å². The molecule has 34 heavy (non-hydrogen) atoms. The molecule has 1 atom stereocenters. The molecule has 8 nitrogen and oxygen atoms in total. The number of piperidine rings is 1. The highest BCUT2D eigenvalue weighted by atomic mass is 16.5. The number of amides is 1. The minimum absolute atomic E-state index is 0.00729. The molecule has 0 radical (unpaired) electrons. The van der Waals surface area contributed by atoms with E-state index in [-0.39, 0.29) is 11.9 Å². The van der Waals surface area contributed by atoms with Crippen molar-refractivity contribution in [2.75, 3.05) is 18.8 Å². The molecule has 0 saturated carbocycles. The zero-order valence-electron chi connectivity index (χ0n) is 19.0. The van der Waals surface area contributed by atoms with Gasteiger partial charge in [0.1, 0.15) is 29.3 Å². The van der Waals surface area contributed by atoms with Crippen LogP contribution in [0.15, 0.2) is 67.5 Å². The number of nitrogens with two attached hydrogens (primary N) is 1. The number of hydrogen-bond acceptors (Lipinski definition) is 6. The highest BCUT2D eigenvalue weighted by molar-refractivity contribution is 5.98. The van der Waals surface area contributed by atoms with Crippen LogP contribution in [0, 0.1) is 6.92 Å². The predicted octanol–water partition coefficient (Wildman–Crippen LogP) is 4.53. The Morgan fingerprint density at radius 3 is 2.76 bits per heavy atom. The average molecular weight is 455 g/mol. The second kappa shape index (κ2) is 8.97. The zero-order valence-corrected chi connectivity index (χ0v) is 19.0. The van der Waals surface area contributed by atoms with Crippen molar-refractivity contribution in [2.24, 2.45) is 0 Å². The number of benzene rings is 2. The summed E-state index contributed by atoms with van der Waals surface area (Å²) in [5, 5.41) is 5.63. The third-order valence-electron chi connectivity index (χ3n) is 6.10. The van der Waals surface area contributed by atoms with Gasteiger partial charge in [-0.1, -0.05) is 18.7 Å². The Morgan fingerprint density at radius 1 is 1.18 bits per heavy atom. The van der Waals surface area contributed by atoms with Crippen molar-refractivity contribution in [2.45, 2.75) is 25.8 Å². The van der Waals surface area contributed by atoms with Crippen LogP contribution in [0.3, 0.4) is 0 Å². The van der Waals surface area contributed by atoms with Crippen LogP contribution in [0.5, 0.6) is 11.5 Å². The first kappa shape index (κ1) is 21.6. The lowest BCUT2D eigenvalue weighted by Crippen LogP contribution is -2.40. The van der Waals surface area contributed by atoms with Crippen molar-refractivity contribution in [3.8, 4) is 22.8 Å². The van der Waals surface area contributed by atoms with Crippen molar-refractivity contribution < 1.29 is 9.53 Å². The van der Waals surface area contributed by atoms with Gasteiger partial charge in [-0.05, 0) is 67.8 Å². The lowest BCUT2D eigenvalue weighted by Gasteiger charge is -2.32. The molecule has 5 rings (SSSR count). The van der Waals surface area contributed by atoms with Gasteiger partial charge in [-0.2, -0.15) is 5.10 Å². The van der Waals surface area contributed by atoms with E-state index in [9.17, 15) is 4.79 Å². The number of hydrogen-bond donors (Lipinski definition) is 1. The number of nitrogen functional groups attached to an aromatic ring is 1. The van der Waals surface area contributed by atoms with Crippen LogP contribution in [0.4, 0.5) is 5.82 Å². The Morgan fingerprint density at radius 2 is 2.00 bits per heavy atom. The number of anilines is 1. The van der Waals surface area contributed by atoms with E-state index >= 15 is 0 Å². The summed E-state index contributed by atoms with van der Waals surface area (Å²) >= 11 is 0. The van der Waals surface area contributed by atoms with Gasteiger partial charge in [0.25, 0.3) is 0 Å². The predicted molar refractivity (Wildman–Crippen MR) is 131 cm³/mol. The smallest absolute Gasteiger partial charge is 0.246 e. The summed E-state index contributed by atoms with van der Waals surface area (Å²) < 4.78 is 7.88. The fourth-order valence-corrected chi connectivity index (χ4v) is 4.43. The standard InChI is InChI=1S/C26H26N6O2/c1-3-22(33)31-13-5-7-19(15-31)32-26-23(25(27)28-16-29-26)24(30-32)18-9-11-20(12-10-18)34-21-8-4-6-17(2)14-21/h3-4,6,8-12,14,16,19H,1,5,7,13,15H2,2H3,(H2,27,28,29)/t19-/m1/s1. The van der Waals surface area contributed by atoms with E-state index < -0.39 is 0 Å². The largest absolute Gasteiger partial charge is 0.457 e. The lowest BCUT2D eigenvalue weighted by molar-refractivity contribution is -0.127. The van der Waals surface area contributed by atoms with Crippen molar-refractivity contribution in [3.05, 3.63) is 73.1 Å². The second-order valence-electron chi connectivity index (χ2n) is 8.48. The number of carbonyl (C=O) groups is 1. The minimum atomic E-state index is -0.0697. The number of likely N-dealkylation sites (tertiary alicyclic amines) is 1. The van der Waals surface area contributed by atoms with Crippen LogP contribution in [-0.4, -0.2) is 43.6 Å². The van der Waals surface area contributed by atoms with Gasteiger partial charge < -0.3 is 15.4 Å². The van der Waals surface area contributed by atoms with Gasteiger partial charge in [0.15, 0.2) is 5.65 Å². The monoisotopic (exact) mass is 454 g/mol. The number of nitrogens with zero attached hydrogens (tertiary/aromatic N) is 5. The number of fused-ring (bicyclic) bond motifs is 1. The van der Waals surface area contributed by atoms with Crippen molar-refractivity contribution >= 4 is 22.8 Å². The van der Waals surface area contributed by atoms with Gasteiger partial charge in [-0.25, -0.2) is 14.6 Å². The molecule has 4 aromatic rings. The molecule has 0 aliphatic carbocycles. The van der Waals surface area contributed by atoms with E-state index in [4.69, 9.17) is 15.6 Å². The zero-order chi connectivity index (χ0) is 23.7. The molecule has 0 unspecified atom stereocenters. The maximum absolute atomic E-state index is 12.2. The Bertz CT molecular complexity index is 1360. The summed E-state index contributed by atoms with van der Waals surface area (Å²) in [5.74, 6) is 1.82.